The summed E-state index contributed by atoms with van der Waals surface area (Å²) in [6, 6.07) is 6.07. The van der Waals surface area contributed by atoms with Gasteiger partial charge in [0.1, 0.15) is 11.6 Å². The highest BCUT2D eigenvalue weighted by molar-refractivity contribution is 6.06. The Balaban J connectivity index is 1.86. The third kappa shape index (κ3) is 3.60. The van der Waals surface area contributed by atoms with Crippen molar-refractivity contribution in [2.24, 2.45) is 7.05 Å². The maximum absolute atomic E-state index is 13.8. The van der Waals surface area contributed by atoms with Crippen LogP contribution in [0.25, 0.3) is 0 Å². The van der Waals surface area contributed by atoms with E-state index in [0.717, 1.165) is 18.3 Å². The van der Waals surface area contributed by atoms with E-state index in [-0.39, 0.29) is 22.9 Å². The van der Waals surface area contributed by atoms with Crippen LogP contribution in [0.1, 0.15) is 10.5 Å². The number of aromatic nitrogens is 3. The van der Waals surface area contributed by atoms with Crippen LogP contribution in [0.2, 0.25) is 0 Å². The number of nitrogens with zero attached hydrogens (tertiary/aromatic N) is 3. The molecule has 1 aromatic carbocycles. The normalized spacial score (nSPS) is 10.6. The monoisotopic (exact) mass is 347 g/mol. The summed E-state index contributed by atoms with van der Waals surface area (Å²) in [4.78, 5) is 16.1. The second-order valence-corrected chi connectivity index (χ2v) is 5.11. The second kappa shape index (κ2) is 6.63. The summed E-state index contributed by atoms with van der Waals surface area (Å²) in [6.45, 7) is 0. The Kier molecular flexibility index (Phi) is 4.38. The standard InChI is InChI=1S/C16H12F3N5O/c1-24-8-12(21-11-4-2-3-10(18)14(11)19)15(23-24)16(25)22-13-6-5-9(17)7-20-13/h2-8,21H,1H3,(H,20,22,25). The first-order valence-electron chi connectivity index (χ1n) is 7.11. The molecule has 9 heteroatoms. The van der Waals surface area contributed by atoms with Crippen LogP contribution in [-0.2, 0) is 7.05 Å². The van der Waals surface area contributed by atoms with Crippen molar-refractivity contribution >= 4 is 23.1 Å². The van der Waals surface area contributed by atoms with E-state index < -0.39 is 23.4 Å². The molecule has 1 amide bonds. The molecule has 25 heavy (non-hydrogen) atoms. The zero-order valence-electron chi connectivity index (χ0n) is 12.9. The summed E-state index contributed by atoms with van der Waals surface area (Å²) in [5, 5.41) is 9.09. The number of anilines is 3. The fraction of sp³-hybridized carbons (Fsp3) is 0.0625. The molecule has 0 aliphatic rings. The predicted molar refractivity (Wildman–Crippen MR) is 85.0 cm³/mol. The quantitative estimate of drug-likeness (QED) is 0.760. The summed E-state index contributed by atoms with van der Waals surface area (Å²) in [7, 11) is 1.57. The number of carbonyl (C=O) groups excluding carboxylic acids is 1. The average molecular weight is 347 g/mol. The van der Waals surface area contributed by atoms with Gasteiger partial charge in [0.15, 0.2) is 17.3 Å². The van der Waals surface area contributed by atoms with Gasteiger partial charge in [-0.1, -0.05) is 6.07 Å². The van der Waals surface area contributed by atoms with Gasteiger partial charge < -0.3 is 10.6 Å². The van der Waals surface area contributed by atoms with Crippen LogP contribution in [0.15, 0.2) is 42.7 Å². The number of rotatable bonds is 4. The van der Waals surface area contributed by atoms with Gasteiger partial charge in [-0.25, -0.2) is 18.2 Å². The van der Waals surface area contributed by atoms with Crippen LogP contribution in [0, 0.1) is 17.5 Å². The van der Waals surface area contributed by atoms with E-state index in [1.54, 1.807) is 7.05 Å². The Hall–Kier alpha value is -3.36. The smallest absolute Gasteiger partial charge is 0.279 e. The lowest BCUT2D eigenvalue weighted by Crippen LogP contribution is -2.15. The van der Waals surface area contributed by atoms with E-state index in [0.29, 0.717) is 0 Å². The third-order valence-electron chi connectivity index (χ3n) is 3.23. The molecule has 0 bridgehead atoms. The van der Waals surface area contributed by atoms with Crippen LogP contribution in [0.5, 0.6) is 0 Å². The molecule has 3 aromatic rings. The Morgan fingerprint density at radius 3 is 2.64 bits per heavy atom. The number of benzene rings is 1. The Bertz CT molecular complexity index is 924. The third-order valence-corrected chi connectivity index (χ3v) is 3.23. The molecule has 0 saturated carbocycles. The first kappa shape index (κ1) is 16.5. The number of hydrogen-bond donors (Lipinski definition) is 2. The van der Waals surface area contributed by atoms with Crippen LogP contribution >= 0.6 is 0 Å². The summed E-state index contributed by atoms with van der Waals surface area (Å²) in [5.41, 5.74) is -0.0224. The number of hydrogen-bond acceptors (Lipinski definition) is 4. The van der Waals surface area contributed by atoms with E-state index in [1.807, 2.05) is 0 Å². The highest BCUT2D eigenvalue weighted by Crippen LogP contribution is 2.24. The average Bonchev–Trinajstić information content (AvgIpc) is 2.94. The van der Waals surface area contributed by atoms with Crippen molar-refractivity contribution in [3.8, 4) is 0 Å². The number of pyridine rings is 1. The second-order valence-electron chi connectivity index (χ2n) is 5.11. The van der Waals surface area contributed by atoms with Crippen LogP contribution in [0.4, 0.5) is 30.4 Å². The Labute approximate surface area is 140 Å². The van der Waals surface area contributed by atoms with Gasteiger partial charge in [-0.3, -0.25) is 9.48 Å². The van der Waals surface area contributed by atoms with Gasteiger partial charge in [-0.05, 0) is 24.3 Å². The summed E-state index contributed by atoms with van der Waals surface area (Å²) in [5.74, 6) is -3.15. The van der Waals surface area contributed by atoms with Crippen molar-refractivity contribution in [1.29, 1.82) is 0 Å². The number of halogens is 3. The molecule has 2 N–H and O–H groups in total. The molecule has 3 rings (SSSR count). The summed E-state index contributed by atoms with van der Waals surface area (Å²) < 4.78 is 41.3. The van der Waals surface area contributed by atoms with Crippen LogP contribution < -0.4 is 10.6 Å². The molecule has 0 unspecified atom stereocenters. The zero-order chi connectivity index (χ0) is 18.0. The molecule has 2 aromatic heterocycles. The van der Waals surface area contributed by atoms with Crippen molar-refractivity contribution < 1.29 is 18.0 Å². The Morgan fingerprint density at radius 1 is 1.12 bits per heavy atom. The molecule has 0 aliphatic carbocycles. The van der Waals surface area contributed by atoms with E-state index in [1.165, 1.54) is 29.1 Å². The molecule has 0 atom stereocenters. The van der Waals surface area contributed by atoms with E-state index >= 15 is 0 Å². The van der Waals surface area contributed by atoms with Gasteiger partial charge >= 0.3 is 0 Å². The summed E-state index contributed by atoms with van der Waals surface area (Å²) >= 11 is 0. The predicted octanol–water partition coefficient (Wildman–Crippen LogP) is 3.23. The lowest BCUT2D eigenvalue weighted by atomic mass is 10.2. The molecule has 6 nitrogen and oxygen atoms in total. The zero-order valence-corrected chi connectivity index (χ0v) is 12.9. The maximum Gasteiger partial charge on any atom is 0.279 e. The number of carbonyl (C=O) groups is 1. The van der Waals surface area contributed by atoms with Gasteiger partial charge in [-0.2, -0.15) is 5.10 Å². The fourth-order valence-electron chi connectivity index (χ4n) is 2.12. The molecule has 2 heterocycles. The van der Waals surface area contributed by atoms with E-state index in [4.69, 9.17) is 0 Å². The molecule has 0 saturated heterocycles. The molecular formula is C16H12F3N5O. The van der Waals surface area contributed by atoms with Crippen molar-refractivity contribution in [2.45, 2.75) is 0 Å². The molecule has 0 radical (unpaired) electrons. The van der Waals surface area contributed by atoms with Gasteiger partial charge in [0, 0.05) is 13.2 Å². The van der Waals surface area contributed by atoms with Crippen molar-refractivity contribution in [2.75, 3.05) is 10.6 Å². The molecular weight excluding hydrogens is 335 g/mol. The maximum atomic E-state index is 13.8. The van der Waals surface area contributed by atoms with Gasteiger partial charge in [-0.15, -0.1) is 0 Å². The first-order chi connectivity index (χ1) is 11.9. The highest BCUT2D eigenvalue weighted by atomic mass is 19.2. The molecule has 0 fully saturated rings. The molecule has 0 aliphatic heterocycles. The minimum absolute atomic E-state index is 0.0581. The van der Waals surface area contributed by atoms with E-state index in [9.17, 15) is 18.0 Å². The minimum Gasteiger partial charge on any atom is -0.350 e. The number of amides is 1. The highest BCUT2D eigenvalue weighted by Gasteiger charge is 2.18. The largest absolute Gasteiger partial charge is 0.350 e. The lowest BCUT2D eigenvalue weighted by molar-refractivity contribution is 0.102. The van der Waals surface area contributed by atoms with E-state index in [2.05, 4.69) is 20.7 Å². The number of aryl methyl sites for hydroxylation is 1. The van der Waals surface area contributed by atoms with Gasteiger partial charge in [0.25, 0.3) is 5.91 Å². The van der Waals surface area contributed by atoms with Crippen LogP contribution in [0.3, 0.4) is 0 Å². The Morgan fingerprint density at radius 2 is 1.92 bits per heavy atom. The molecule has 128 valence electrons. The number of nitrogens with one attached hydrogen (secondary N) is 2. The lowest BCUT2D eigenvalue weighted by Gasteiger charge is -2.08. The summed E-state index contributed by atoms with van der Waals surface area (Å²) in [6.07, 6.45) is 2.40. The minimum atomic E-state index is -1.07. The van der Waals surface area contributed by atoms with Crippen LogP contribution in [-0.4, -0.2) is 20.7 Å². The van der Waals surface area contributed by atoms with Crippen molar-refractivity contribution in [1.82, 2.24) is 14.8 Å². The topological polar surface area (TPSA) is 71.8 Å². The fourth-order valence-corrected chi connectivity index (χ4v) is 2.12. The van der Waals surface area contributed by atoms with Gasteiger partial charge in [0.2, 0.25) is 0 Å². The first-order valence-corrected chi connectivity index (χ1v) is 7.11. The van der Waals surface area contributed by atoms with Gasteiger partial charge in [0.05, 0.1) is 17.6 Å². The van der Waals surface area contributed by atoms with Crippen molar-refractivity contribution in [3.63, 3.8) is 0 Å². The van der Waals surface area contributed by atoms with Crippen molar-refractivity contribution in [3.05, 3.63) is 65.9 Å². The molecule has 0 spiro atoms. The SMILES string of the molecule is Cn1cc(Nc2cccc(F)c2F)c(C(=O)Nc2ccc(F)cn2)n1.